The first-order valence-electron chi connectivity index (χ1n) is 6.28. The number of aryl methyl sites for hydroxylation is 1. The molecule has 0 saturated heterocycles. The van der Waals surface area contributed by atoms with Gasteiger partial charge in [0, 0.05) is 18.3 Å². The summed E-state index contributed by atoms with van der Waals surface area (Å²) in [7, 11) is 0. The van der Waals surface area contributed by atoms with Crippen LogP contribution in [0.2, 0.25) is 0 Å². The van der Waals surface area contributed by atoms with Gasteiger partial charge in [-0.3, -0.25) is 9.36 Å². The van der Waals surface area contributed by atoms with Crippen molar-refractivity contribution in [2.45, 2.75) is 13.0 Å². The average Bonchev–Trinajstić information content (AvgIpc) is 2.47. The highest BCUT2D eigenvalue weighted by Crippen LogP contribution is 2.26. The third kappa shape index (κ3) is 1.43. The van der Waals surface area contributed by atoms with Crippen LogP contribution in [0, 0.1) is 0 Å². The lowest BCUT2D eigenvalue weighted by atomic mass is 10.0. The largest absolute Gasteiger partial charge is 0.292 e. The molecule has 0 N–H and O–H groups in total. The molecule has 4 rings (SSSR count). The van der Waals surface area contributed by atoms with E-state index in [1.807, 2.05) is 18.2 Å². The van der Waals surface area contributed by atoms with Gasteiger partial charge in [-0.2, -0.15) is 0 Å². The summed E-state index contributed by atoms with van der Waals surface area (Å²) < 4.78 is 1.76. The van der Waals surface area contributed by atoms with E-state index < -0.39 is 0 Å². The van der Waals surface area contributed by atoms with E-state index >= 15 is 0 Å². The number of nitrogens with zero attached hydrogens (tertiary/aromatic N) is 3. The van der Waals surface area contributed by atoms with Crippen LogP contribution in [0.5, 0.6) is 0 Å². The molecule has 4 heteroatoms. The quantitative estimate of drug-likeness (QED) is 0.612. The van der Waals surface area contributed by atoms with Gasteiger partial charge in [0.1, 0.15) is 5.82 Å². The van der Waals surface area contributed by atoms with Crippen LogP contribution in [0.3, 0.4) is 0 Å². The SMILES string of the molecule is O=c1c2cccnc2nc2n1CCc1ccccc1-2. The number of hydrogen-bond acceptors (Lipinski definition) is 3. The molecule has 0 spiro atoms. The summed E-state index contributed by atoms with van der Waals surface area (Å²) in [5.41, 5.74) is 2.81. The van der Waals surface area contributed by atoms with E-state index in [0.29, 0.717) is 17.6 Å². The second-order valence-electron chi connectivity index (χ2n) is 4.67. The highest BCUT2D eigenvalue weighted by molar-refractivity contribution is 5.76. The molecule has 0 atom stereocenters. The maximum atomic E-state index is 12.5. The second-order valence-corrected chi connectivity index (χ2v) is 4.67. The Kier molecular flexibility index (Phi) is 2.06. The Labute approximate surface area is 109 Å². The van der Waals surface area contributed by atoms with Gasteiger partial charge in [0.15, 0.2) is 5.65 Å². The van der Waals surface area contributed by atoms with Crippen molar-refractivity contribution in [1.82, 2.24) is 14.5 Å². The van der Waals surface area contributed by atoms with Crippen LogP contribution in [0.4, 0.5) is 0 Å². The Morgan fingerprint density at radius 1 is 1.11 bits per heavy atom. The summed E-state index contributed by atoms with van der Waals surface area (Å²) >= 11 is 0. The van der Waals surface area contributed by atoms with Crippen LogP contribution >= 0.6 is 0 Å². The molecule has 0 fully saturated rings. The highest BCUT2D eigenvalue weighted by Gasteiger charge is 2.19. The van der Waals surface area contributed by atoms with Crippen LogP contribution in [0.25, 0.3) is 22.4 Å². The molecule has 0 bridgehead atoms. The van der Waals surface area contributed by atoms with Gasteiger partial charge >= 0.3 is 0 Å². The molecule has 3 heterocycles. The van der Waals surface area contributed by atoms with E-state index in [1.54, 1.807) is 22.9 Å². The second kappa shape index (κ2) is 3.75. The van der Waals surface area contributed by atoms with Crippen molar-refractivity contribution in [3.8, 4) is 11.4 Å². The fourth-order valence-electron chi connectivity index (χ4n) is 2.66. The monoisotopic (exact) mass is 249 g/mol. The van der Waals surface area contributed by atoms with Gasteiger partial charge in [0.05, 0.1) is 5.39 Å². The van der Waals surface area contributed by atoms with Gasteiger partial charge in [-0.25, -0.2) is 9.97 Å². The Bertz CT molecular complexity index is 851. The van der Waals surface area contributed by atoms with E-state index in [4.69, 9.17) is 0 Å². The van der Waals surface area contributed by atoms with Crippen molar-refractivity contribution in [1.29, 1.82) is 0 Å². The van der Waals surface area contributed by atoms with Gasteiger partial charge in [0.25, 0.3) is 5.56 Å². The van der Waals surface area contributed by atoms with E-state index in [9.17, 15) is 4.79 Å². The fourth-order valence-corrected chi connectivity index (χ4v) is 2.66. The lowest BCUT2D eigenvalue weighted by Crippen LogP contribution is -2.27. The van der Waals surface area contributed by atoms with Crippen LogP contribution in [0.15, 0.2) is 47.4 Å². The van der Waals surface area contributed by atoms with Crippen molar-refractivity contribution >= 4 is 11.0 Å². The fraction of sp³-hybridized carbons (Fsp3) is 0.133. The molecule has 1 aliphatic heterocycles. The zero-order valence-corrected chi connectivity index (χ0v) is 10.2. The molecule has 1 aromatic carbocycles. The number of pyridine rings is 1. The normalized spacial score (nSPS) is 13.1. The zero-order valence-electron chi connectivity index (χ0n) is 10.2. The first kappa shape index (κ1) is 10.4. The lowest BCUT2D eigenvalue weighted by Gasteiger charge is -2.20. The molecular weight excluding hydrogens is 238 g/mol. The minimum atomic E-state index is 0.00241. The van der Waals surface area contributed by atoms with E-state index in [0.717, 1.165) is 17.8 Å². The maximum absolute atomic E-state index is 12.5. The number of aromatic nitrogens is 3. The molecule has 0 amide bonds. The van der Waals surface area contributed by atoms with Gasteiger partial charge < -0.3 is 0 Å². The number of hydrogen-bond donors (Lipinski definition) is 0. The van der Waals surface area contributed by atoms with Crippen molar-refractivity contribution in [2.75, 3.05) is 0 Å². The van der Waals surface area contributed by atoms with Crippen LogP contribution in [-0.4, -0.2) is 14.5 Å². The van der Waals surface area contributed by atoms with Crippen molar-refractivity contribution in [3.63, 3.8) is 0 Å². The van der Waals surface area contributed by atoms with Gasteiger partial charge in [-0.15, -0.1) is 0 Å². The minimum Gasteiger partial charge on any atom is -0.292 e. The van der Waals surface area contributed by atoms with Gasteiger partial charge in [-0.05, 0) is 24.1 Å². The topological polar surface area (TPSA) is 47.8 Å². The van der Waals surface area contributed by atoms with Gasteiger partial charge in [-0.1, -0.05) is 24.3 Å². The Morgan fingerprint density at radius 3 is 2.95 bits per heavy atom. The standard InChI is InChI=1S/C15H11N3O/c19-15-12-6-3-8-16-13(12)17-14-11-5-2-1-4-10(11)7-9-18(14)15/h1-6,8H,7,9H2. The molecule has 3 aromatic rings. The third-order valence-corrected chi connectivity index (χ3v) is 3.59. The molecular formula is C15H11N3O. The number of rotatable bonds is 0. The number of benzene rings is 1. The number of fused-ring (bicyclic) bond motifs is 4. The Morgan fingerprint density at radius 2 is 2.00 bits per heavy atom. The van der Waals surface area contributed by atoms with E-state index in [1.165, 1.54) is 5.56 Å². The zero-order chi connectivity index (χ0) is 12.8. The average molecular weight is 249 g/mol. The predicted octanol–water partition coefficient (Wildman–Crippen LogP) is 2.01. The summed E-state index contributed by atoms with van der Waals surface area (Å²) in [6.07, 6.45) is 2.54. The van der Waals surface area contributed by atoms with Crippen molar-refractivity contribution < 1.29 is 0 Å². The molecule has 2 aromatic heterocycles. The molecule has 92 valence electrons. The molecule has 19 heavy (non-hydrogen) atoms. The Hall–Kier alpha value is -2.49. The Balaban J connectivity index is 2.15. The summed E-state index contributed by atoms with van der Waals surface area (Å²) in [4.78, 5) is 21.2. The molecule has 0 unspecified atom stereocenters. The van der Waals surface area contributed by atoms with Crippen LogP contribution in [-0.2, 0) is 13.0 Å². The first-order valence-corrected chi connectivity index (χ1v) is 6.28. The van der Waals surface area contributed by atoms with Crippen LogP contribution < -0.4 is 5.56 Å². The van der Waals surface area contributed by atoms with E-state index in [2.05, 4.69) is 16.0 Å². The summed E-state index contributed by atoms with van der Waals surface area (Å²) in [6.45, 7) is 0.684. The van der Waals surface area contributed by atoms with Crippen LogP contribution in [0.1, 0.15) is 5.56 Å². The van der Waals surface area contributed by atoms with Crippen molar-refractivity contribution in [2.24, 2.45) is 0 Å². The molecule has 1 aliphatic rings. The summed E-state index contributed by atoms with van der Waals surface area (Å²) in [5, 5.41) is 0.589. The molecule has 4 nitrogen and oxygen atoms in total. The minimum absolute atomic E-state index is 0.00241. The highest BCUT2D eigenvalue weighted by atomic mass is 16.1. The molecule has 0 aliphatic carbocycles. The van der Waals surface area contributed by atoms with Crippen molar-refractivity contribution in [3.05, 3.63) is 58.5 Å². The molecule has 0 saturated carbocycles. The van der Waals surface area contributed by atoms with Gasteiger partial charge in [0.2, 0.25) is 0 Å². The smallest absolute Gasteiger partial charge is 0.263 e. The predicted molar refractivity (Wildman–Crippen MR) is 72.9 cm³/mol. The lowest BCUT2D eigenvalue weighted by molar-refractivity contribution is 0.651. The van der Waals surface area contributed by atoms with E-state index in [-0.39, 0.29) is 5.56 Å². The maximum Gasteiger partial charge on any atom is 0.263 e. The third-order valence-electron chi connectivity index (χ3n) is 3.59. The summed E-state index contributed by atoms with van der Waals surface area (Å²) in [6, 6.07) is 11.7. The summed E-state index contributed by atoms with van der Waals surface area (Å²) in [5.74, 6) is 0.734. The first-order chi connectivity index (χ1) is 9.34. The molecule has 0 radical (unpaired) electrons.